The van der Waals surface area contributed by atoms with Gasteiger partial charge in [-0.1, -0.05) is 18.2 Å². The van der Waals surface area contributed by atoms with Gasteiger partial charge in [0.25, 0.3) is 0 Å². The lowest BCUT2D eigenvalue weighted by Gasteiger charge is -2.15. The summed E-state index contributed by atoms with van der Waals surface area (Å²) in [6.45, 7) is 3.89. The maximum atomic E-state index is 13.4. The van der Waals surface area contributed by atoms with Gasteiger partial charge < -0.3 is 14.6 Å². The number of halogens is 2. The highest BCUT2D eigenvalue weighted by atomic mass is 35.5. The average Bonchev–Trinajstić information content (AvgIpc) is 3.20. The summed E-state index contributed by atoms with van der Waals surface area (Å²) in [6, 6.07) is 16.0. The van der Waals surface area contributed by atoms with Crippen molar-refractivity contribution in [2.45, 2.75) is 19.9 Å². The molecule has 6 nitrogen and oxygen atoms in total. The third kappa shape index (κ3) is 5.00. The number of benzene rings is 2. The second-order valence-corrected chi connectivity index (χ2v) is 7.03. The van der Waals surface area contributed by atoms with Gasteiger partial charge in [-0.15, -0.1) is 22.6 Å². The molecule has 0 aliphatic rings. The molecule has 2 heterocycles. The Kier molecular flexibility index (Phi) is 6.87. The number of nitrogens with one attached hydrogen (secondary N) is 1. The summed E-state index contributed by atoms with van der Waals surface area (Å²) < 4.78 is 20.9. The molecule has 2 aromatic heterocycles. The minimum Gasteiger partial charge on any atom is -0.495 e. The third-order valence-corrected chi connectivity index (χ3v) is 4.84. The smallest absolute Gasteiger partial charge is 0.149 e. The number of aryl methyl sites for hydroxylation is 1. The van der Waals surface area contributed by atoms with Gasteiger partial charge in [0.15, 0.2) is 0 Å². The lowest BCUT2D eigenvalue weighted by molar-refractivity contribution is 0.413. The Morgan fingerprint density at radius 3 is 2.55 bits per heavy atom. The Morgan fingerprint density at radius 2 is 1.90 bits per heavy atom. The summed E-state index contributed by atoms with van der Waals surface area (Å²) in [5.74, 6) is 1.08. The molecule has 4 rings (SSSR count). The van der Waals surface area contributed by atoms with Crippen LogP contribution in [0.1, 0.15) is 24.2 Å². The minimum absolute atomic E-state index is 0. The Labute approximate surface area is 186 Å². The molecule has 4 aromatic rings. The van der Waals surface area contributed by atoms with Crippen molar-refractivity contribution in [3.8, 4) is 22.7 Å². The van der Waals surface area contributed by atoms with Crippen LogP contribution in [0.4, 0.5) is 10.2 Å². The molecule has 0 aliphatic heterocycles. The normalized spacial score (nSPS) is 11.5. The predicted molar refractivity (Wildman–Crippen MR) is 122 cm³/mol. The molecule has 31 heavy (non-hydrogen) atoms. The van der Waals surface area contributed by atoms with Gasteiger partial charge in [0.2, 0.25) is 0 Å². The Morgan fingerprint density at radius 1 is 1.06 bits per heavy atom. The van der Waals surface area contributed by atoms with Crippen LogP contribution in [-0.2, 0) is 0 Å². The molecule has 0 radical (unpaired) electrons. The third-order valence-electron chi connectivity index (χ3n) is 4.84. The first-order chi connectivity index (χ1) is 14.5. The molecule has 1 N–H and O–H groups in total. The number of hydrogen-bond donors (Lipinski definition) is 1. The molecule has 0 unspecified atom stereocenters. The maximum absolute atomic E-state index is 13.4. The van der Waals surface area contributed by atoms with Crippen molar-refractivity contribution in [1.29, 1.82) is 0 Å². The molecular formula is C23H23ClFN5O. The fourth-order valence-electron chi connectivity index (χ4n) is 3.25. The van der Waals surface area contributed by atoms with E-state index < -0.39 is 0 Å². The van der Waals surface area contributed by atoms with Gasteiger partial charge in [-0.25, -0.2) is 9.37 Å². The molecule has 1 atom stereocenters. The van der Waals surface area contributed by atoms with E-state index in [4.69, 9.17) is 4.74 Å². The Hall–Kier alpha value is -3.45. The number of nitrogens with zero attached hydrogens (tertiary/aromatic N) is 4. The summed E-state index contributed by atoms with van der Waals surface area (Å²) >= 11 is 0. The number of hydrogen-bond acceptors (Lipinski definition) is 5. The van der Waals surface area contributed by atoms with Crippen molar-refractivity contribution in [3.05, 3.63) is 84.2 Å². The second-order valence-electron chi connectivity index (χ2n) is 7.03. The zero-order valence-electron chi connectivity index (χ0n) is 17.4. The number of anilines is 1. The van der Waals surface area contributed by atoms with Crippen molar-refractivity contribution >= 4 is 18.2 Å². The van der Waals surface area contributed by atoms with E-state index in [0.717, 1.165) is 28.2 Å². The molecule has 0 bridgehead atoms. The summed E-state index contributed by atoms with van der Waals surface area (Å²) in [6.07, 6.45) is 3.70. The van der Waals surface area contributed by atoms with Gasteiger partial charge in [-0.3, -0.25) is 0 Å². The number of aromatic nitrogens is 4. The van der Waals surface area contributed by atoms with E-state index in [1.807, 2.05) is 61.0 Å². The number of methoxy groups -OCH3 is 1. The van der Waals surface area contributed by atoms with Crippen molar-refractivity contribution < 1.29 is 9.13 Å². The quantitative estimate of drug-likeness (QED) is 0.437. The van der Waals surface area contributed by atoms with Crippen LogP contribution >= 0.6 is 12.4 Å². The first-order valence-electron chi connectivity index (χ1n) is 9.58. The van der Waals surface area contributed by atoms with Crippen LogP contribution in [0, 0.1) is 12.7 Å². The molecule has 2 aromatic carbocycles. The molecule has 0 spiro atoms. The van der Waals surface area contributed by atoms with Gasteiger partial charge in [-0.05, 0) is 55.8 Å². The molecule has 8 heteroatoms. The highest BCUT2D eigenvalue weighted by molar-refractivity contribution is 5.85. The zero-order chi connectivity index (χ0) is 21.1. The lowest BCUT2D eigenvalue weighted by atomic mass is 10.1. The second kappa shape index (κ2) is 9.57. The van der Waals surface area contributed by atoms with Gasteiger partial charge in [-0.2, -0.15) is 0 Å². The van der Waals surface area contributed by atoms with Crippen LogP contribution in [0.15, 0.2) is 67.1 Å². The van der Waals surface area contributed by atoms with Gasteiger partial charge in [0.1, 0.15) is 17.4 Å². The average molecular weight is 440 g/mol. The molecule has 0 aliphatic carbocycles. The molecule has 0 amide bonds. The molecule has 0 fully saturated rings. The van der Waals surface area contributed by atoms with Gasteiger partial charge in [0.05, 0.1) is 36.6 Å². The number of ether oxygens (including phenoxy) is 1. The van der Waals surface area contributed by atoms with Crippen LogP contribution < -0.4 is 10.1 Å². The van der Waals surface area contributed by atoms with E-state index >= 15 is 0 Å². The van der Waals surface area contributed by atoms with Crippen LogP contribution in [0.25, 0.3) is 16.9 Å². The highest BCUT2D eigenvalue weighted by Crippen LogP contribution is 2.29. The van der Waals surface area contributed by atoms with Crippen molar-refractivity contribution in [1.82, 2.24) is 19.7 Å². The van der Waals surface area contributed by atoms with E-state index in [0.29, 0.717) is 11.6 Å². The number of rotatable bonds is 6. The van der Waals surface area contributed by atoms with Crippen LogP contribution in [0.3, 0.4) is 0 Å². The van der Waals surface area contributed by atoms with E-state index in [2.05, 4.69) is 20.5 Å². The standard InChI is InChI=1S/C23H22FN5O.ClH/c1-15-13-29(14-25-15)21-9-7-18(12-22(21)30-3)20-8-10-23(28-27-20)26-16(2)17-5-4-6-19(24)11-17;/h4-14,16H,1-3H3,(H,26,28);1H/t16-;/m0./s1. The zero-order valence-corrected chi connectivity index (χ0v) is 18.2. The SMILES string of the molecule is COc1cc(-c2ccc(N[C@@H](C)c3cccc(F)c3)nn2)ccc1-n1cnc(C)c1.Cl. The van der Waals surface area contributed by atoms with Crippen molar-refractivity contribution in [2.75, 3.05) is 12.4 Å². The topological polar surface area (TPSA) is 64.9 Å². The Balaban J connectivity index is 0.00000272. The number of imidazole rings is 1. The maximum Gasteiger partial charge on any atom is 0.149 e. The lowest BCUT2D eigenvalue weighted by Crippen LogP contribution is -2.08. The van der Waals surface area contributed by atoms with Gasteiger partial charge >= 0.3 is 0 Å². The van der Waals surface area contributed by atoms with Crippen molar-refractivity contribution in [2.24, 2.45) is 0 Å². The summed E-state index contributed by atoms with van der Waals surface area (Å²) in [7, 11) is 1.64. The van der Waals surface area contributed by atoms with Crippen LogP contribution in [0.2, 0.25) is 0 Å². The fourth-order valence-corrected chi connectivity index (χ4v) is 3.25. The van der Waals surface area contributed by atoms with Crippen LogP contribution in [0.5, 0.6) is 5.75 Å². The van der Waals surface area contributed by atoms with Gasteiger partial charge in [0, 0.05) is 11.8 Å². The first kappa shape index (κ1) is 22.2. The van der Waals surface area contributed by atoms with E-state index in [1.165, 1.54) is 12.1 Å². The largest absolute Gasteiger partial charge is 0.495 e. The summed E-state index contributed by atoms with van der Waals surface area (Å²) in [4.78, 5) is 4.27. The molecule has 0 saturated heterocycles. The Bertz CT molecular complexity index is 1160. The predicted octanol–water partition coefficient (Wildman–Crippen LogP) is 5.38. The minimum atomic E-state index is -0.258. The fraction of sp³-hybridized carbons (Fsp3) is 0.174. The van der Waals surface area contributed by atoms with Crippen molar-refractivity contribution in [3.63, 3.8) is 0 Å². The van der Waals surface area contributed by atoms with E-state index in [9.17, 15) is 4.39 Å². The first-order valence-corrected chi connectivity index (χ1v) is 9.58. The molecule has 160 valence electrons. The van der Waals surface area contributed by atoms with E-state index in [-0.39, 0.29) is 24.3 Å². The molecular weight excluding hydrogens is 417 g/mol. The highest BCUT2D eigenvalue weighted by Gasteiger charge is 2.11. The summed E-state index contributed by atoms with van der Waals surface area (Å²) in [5, 5.41) is 11.8. The summed E-state index contributed by atoms with van der Waals surface area (Å²) in [5.41, 5.74) is 4.30. The molecule has 0 saturated carbocycles. The monoisotopic (exact) mass is 439 g/mol. The van der Waals surface area contributed by atoms with Crippen LogP contribution in [-0.4, -0.2) is 26.9 Å². The van der Waals surface area contributed by atoms with E-state index in [1.54, 1.807) is 19.5 Å².